The van der Waals surface area contributed by atoms with Crippen LogP contribution in [-0.4, -0.2) is 35.7 Å². The summed E-state index contributed by atoms with van der Waals surface area (Å²) < 4.78 is 5.09. The van der Waals surface area contributed by atoms with Gasteiger partial charge in [-0.2, -0.15) is 0 Å². The van der Waals surface area contributed by atoms with Gasteiger partial charge < -0.3 is 9.84 Å². The highest BCUT2D eigenvalue weighted by Gasteiger charge is 2.26. The number of carbonyl (C=O) groups is 1. The van der Waals surface area contributed by atoms with Gasteiger partial charge in [0.2, 0.25) is 0 Å². The number of phenols is 1. The molecule has 2 rings (SSSR count). The molecule has 1 aliphatic heterocycles. The Morgan fingerprint density at radius 1 is 1.53 bits per heavy atom. The number of carbonyl (C=O) groups excluding carboxylic acids is 1. The van der Waals surface area contributed by atoms with E-state index in [-0.39, 0.29) is 17.6 Å². The lowest BCUT2D eigenvalue weighted by molar-refractivity contribution is -0.150. The molecule has 104 valence electrons. The molecule has 1 fully saturated rings. The van der Waals surface area contributed by atoms with Crippen LogP contribution in [0.1, 0.15) is 25.3 Å². The van der Waals surface area contributed by atoms with Crippen molar-refractivity contribution in [3.8, 4) is 5.75 Å². The average molecular weight is 263 g/mol. The molecule has 0 amide bonds. The molecule has 0 radical (unpaired) electrons. The van der Waals surface area contributed by atoms with Crippen molar-refractivity contribution >= 4 is 5.97 Å². The van der Waals surface area contributed by atoms with Crippen LogP contribution < -0.4 is 0 Å². The number of esters is 1. The second kappa shape index (κ2) is 6.57. The number of ether oxygens (including phenoxy) is 1. The summed E-state index contributed by atoms with van der Waals surface area (Å²) >= 11 is 0. The maximum Gasteiger partial charge on any atom is 0.310 e. The first kappa shape index (κ1) is 13.9. The molecule has 4 nitrogen and oxygen atoms in total. The fourth-order valence-corrected chi connectivity index (χ4v) is 2.56. The van der Waals surface area contributed by atoms with E-state index in [9.17, 15) is 9.90 Å². The van der Waals surface area contributed by atoms with E-state index in [1.165, 1.54) is 0 Å². The van der Waals surface area contributed by atoms with Gasteiger partial charge in [-0.15, -0.1) is 0 Å². The molecule has 4 heteroatoms. The predicted molar refractivity (Wildman–Crippen MR) is 72.7 cm³/mol. The van der Waals surface area contributed by atoms with Gasteiger partial charge in [-0.1, -0.05) is 12.1 Å². The molecule has 0 unspecified atom stereocenters. The minimum absolute atomic E-state index is 0.00832. The standard InChI is InChI=1S/C15H21NO3/c1-2-19-15(18)13-6-4-8-16(11-13)10-12-5-3-7-14(17)9-12/h3,5,7,9,13,17H,2,4,6,8,10-11H2,1H3/t13-/m1/s1. The molecule has 0 aliphatic carbocycles. The first-order chi connectivity index (χ1) is 9.19. The van der Waals surface area contributed by atoms with Crippen LogP contribution in [0.3, 0.4) is 0 Å². The second-order valence-electron chi connectivity index (χ2n) is 5.00. The molecular weight excluding hydrogens is 242 g/mol. The molecule has 1 aromatic rings. The Morgan fingerprint density at radius 2 is 2.37 bits per heavy atom. The molecule has 1 saturated heterocycles. The van der Waals surface area contributed by atoms with Crippen molar-refractivity contribution in [3.05, 3.63) is 29.8 Å². The maximum absolute atomic E-state index is 11.8. The van der Waals surface area contributed by atoms with E-state index in [4.69, 9.17) is 4.74 Å². The summed E-state index contributed by atoms with van der Waals surface area (Å²) in [6.45, 7) is 4.79. The molecule has 19 heavy (non-hydrogen) atoms. The van der Waals surface area contributed by atoms with Crippen LogP contribution >= 0.6 is 0 Å². The molecule has 0 aromatic heterocycles. The Bertz CT molecular complexity index is 433. The fraction of sp³-hybridized carbons (Fsp3) is 0.533. The second-order valence-corrected chi connectivity index (χ2v) is 5.00. The SMILES string of the molecule is CCOC(=O)[C@@H]1CCCN(Cc2cccc(O)c2)C1. The smallest absolute Gasteiger partial charge is 0.310 e. The van der Waals surface area contributed by atoms with Crippen molar-refractivity contribution in [2.75, 3.05) is 19.7 Å². The number of likely N-dealkylation sites (tertiary alicyclic amines) is 1. The van der Waals surface area contributed by atoms with Crippen LogP contribution in [0.5, 0.6) is 5.75 Å². The lowest BCUT2D eigenvalue weighted by Crippen LogP contribution is -2.38. The van der Waals surface area contributed by atoms with E-state index in [2.05, 4.69) is 4.90 Å². The molecule has 0 spiro atoms. The van der Waals surface area contributed by atoms with Gasteiger partial charge in [0.25, 0.3) is 0 Å². The van der Waals surface area contributed by atoms with E-state index < -0.39 is 0 Å². The van der Waals surface area contributed by atoms with Crippen LogP contribution in [0.4, 0.5) is 0 Å². The van der Waals surface area contributed by atoms with Gasteiger partial charge in [-0.3, -0.25) is 9.69 Å². The van der Waals surface area contributed by atoms with E-state index >= 15 is 0 Å². The Balaban J connectivity index is 1.92. The molecule has 1 N–H and O–H groups in total. The van der Waals surface area contributed by atoms with Crippen molar-refractivity contribution in [2.45, 2.75) is 26.3 Å². The van der Waals surface area contributed by atoms with Gasteiger partial charge in [0.15, 0.2) is 0 Å². The number of phenolic OH excluding ortho intramolecular Hbond substituents is 1. The minimum Gasteiger partial charge on any atom is -0.508 e. The van der Waals surface area contributed by atoms with Gasteiger partial charge in [-0.25, -0.2) is 0 Å². The van der Waals surface area contributed by atoms with Crippen LogP contribution in [0.15, 0.2) is 24.3 Å². The highest BCUT2D eigenvalue weighted by Crippen LogP contribution is 2.21. The zero-order valence-corrected chi connectivity index (χ0v) is 11.3. The lowest BCUT2D eigenvalue weighted by Gasteiger charge is -2.31. The van der Waals surface area contributed by atoms with Crippen molar-refractivity contribution in [2.24, 2.45) is 5.92 Å². The largest absolute Gasteiger partial charge is 0.508 e. The summed E-state index contributed by atoms with van der Waals surface area (Å²) in [4.78, 5) is 14.0. The van der Waals surface area contributed by atoms with Crippen molar-refractivity contribution < 1.29 is 14.6 Å². The van der Waals surface area contributed by atoms with Crippen LogP contribution in [-0.2, 0) is 16.1 Å². The first-order valence-corrected chi connectivity index (χ1v) is 6.86. The van der Waals surface area contributed by atoms with Gasteiger partial charge in [0.1, 0.15) is 5.75 Å². The van der Waals surface area contributed by atoms with Crippen molar-refractivity contribution in [1.82, 2.24) is 4.90 Å². The van der Waals surface area contributed by atoms with Crippen molar-refractivity contribution in [3.63, 3.8) is 0 Å². The van der Waals surface area contributed by atoms with E-state index in [1.54, 1.807) is 12.1 Å². The number of piperidine rings is 1. The summed E-state index contributed by atoms with van der Waals surface area (Å²) in [7, 11) is 0. The summed E-state index contributed by atoms with van der Waals surface area (Å²) in [5.74, 6) is 0.200. The average Bonchev–Trinajstić information content (AvgIpc) is 2.39. The normalized spacial score (nSPS) is 20.2. The number of nitrogens with zero attached hydrogens (tertiary/aromatic N) is 1. The number of hydrogen-bond donors (Lipinski definition) is 1. The fourth-order valence-electron chi connectivity index (χ4n) is 2.56. The summed E-state index contributed by atoms with van der Waals surface area (Å²) in [5.41, 5.74) is 1.07. The number of aromatic hydroxyl groups is 1. The third-order valence-electron chi connectivity index (χ3n) is 3.44. The number of benzene rings is 1. The summed E-state index contributed by atoms with van der Waals surface area (Å²) in [6, 6.07) is 7.28. The molecule has 1 heterocycles. The Morgan fingerprint density at radius 3 is 3.11 bits per heavy atom. The van der Waals surface area contributed by atoms with Crippen LogP contribution in [0.25, 0.3) is 0 Å². The zero-order valence-electron chi connectivity index (χ0n) is 11.3. The monoisotopic (exact) mass is 263 g/mol. The first-order valence-electron chi connectivity index (χ1n) is 6.86. The highest BCUT2D eigenvalue weighted by atomic mass is 16.5. The molecule has 1 aliphatic rings. The van der Waals surface area contributed by atoms with Gasteiger partial charge in [0.05, 0.1) is 12.5 Å². The zero-order chi connectivity index (χ0) is 13.7. The third kappa shape index (κ3) is 3.96. The lowest BCUT2D eigenvalue weighted by atomic mass is 9.97. The number of hydrogen-bond acceptors (Lipinski definition) is 4. The van der Waals surface area contributed by atoms with Crippen molar-refractivity contribution in [1.29, 1.82) is 0 Å². The highest BCUT2D eigenvalue weighted by molar-refractivity contribution is 5.72. The Hall–Kier alpha value is -1.55. The van der Waals surface area contributed by atoms with E-state index in [1.807, 2.05) is 19.1 Å². The van der Waals surface area contributed by atoms with E-state index in [0.29, 0.717) is 6.61 Å². The van der Waals surface area contributed by atoms with Crippen LogP contribution in [0, 0.1) is 5.92 Å². The van der Waals surface area contributed by atoms with E-state index in [0.717, 1.165) is 38.0 Å². The Labute approximate surface area is 114 Å². The quantitative estimate of drug-likeness (QED) is 0.846. The summed E-state index contributed by atoms with van der Waals surface area (Å²) in [5, 5.41) is 9.46. The van der Waals surface area contributed by atoms with Gasteiger partial charge >= 0.3 is 5.97 Å². The minimum atomic E-state index is -0.0805. The van der Waals surface area contributed by atoms with Gasteiger partial charge in [-0.05, 0) is 44.0 Å². The predicted octanol–water partition coefficient (Wildman–Crippen LogP) is 2.17. The number of rotatable bonds is 4. The van der Waals surface area contributed by atoms with Gasteiger partial charge in [0, 0.05) is 13.1 Å². The topological polar surface area (TPSA) is 49.8 Å². The molecule has 1 aromatic carbocycles. The maximum atomic E-state index is 11.8. The third-order valence-corrected chi connectivity index (χ3v) is 3.44. The molecule has 1 atom stereocenters. The summed E-state index contributed by atoms with van der Waals surface area (Å²) in [6.07, 6.45) is 1.93. The van der Waals surface area contributed by atoms with Crippen LogP contribution in [0.2, 0.25) is 0 Å². The molecular formula is C15H21NO3. The molecule has 0 bridgehead atoms. The Kier molecular flexibility index (Phi) is 4.80. The molecule has 0 saturated carbocycles.